The maximum atomic E-state index is 11.5. The molecule has 6 heteroatoms. The summed E-state index contributed by atoms with van der Waals surface area (Å²) in [6, 6.07) is 5.84. The molecule has 0 aromatic heterocycles. The average Bonchev–Trinajstić information content (AvgIpc) is 2.16. The molecule has 0 atom stereocenters. The van der Waals surface area contributed by atoms with E-state index >= 15 is 0 Å². The van der Waals surface area contributed by atoms with Gasteiger partial charge in [0, 0.05) is 6.26 Å². The van der Waals surface area contributed by atoms with Crippen molar-refractivity contribution in [3.63, 3.8) is 0 Å². The molecule has 0 spiro atoms. The second kappa shape index (κ2) is 5.01. The van der Waals surface area contributed by atoms with Crippen LogP contribution >= 0.6 is 0 Å². The maximum absolute atomic E-state index is 11.5. The Hall–Kier alpha value is -1.14. The zero-order chi connectivity index (χ0) is 13.1. The molecule has 17 heavy (non-hydrogen) atoms. The Morgan fingerprint density at radius 2 is 1.65 bits per heavy atom. The lowest BCUT2D eigenvalue weighted by Gasteiger charge is -2.03. The highest BCUT2D eigenvalue weighted by atomic mass is 32.2. The van der Waals surface area contributed by atoms with Gasteiger partial charge in [-0.15, -0.1) is 6.58 Å². The van der Waals surface area contributed by atoms with E-state index in [0.717, 1.165) is 6.26 Å². The molecular formula is C11H14O4S2. The third kappa shape index (κ3) is 4.32. The molecule has 4 nitrogen and oxygen atoms in total. The van der Waals surface area contributed by atoms with E-state index in [-0.39, 0.29) is 16.4 Å². The van der Waals surface area contributed by atoms with Crippen LogP contribution in [0.25, 0.3) is 0 Å². The van der Waals surface area contributed by atoms with Crippen molar-refractivity contribution in [1.82, 2.24) is 0 Å². The number of hydrogen-bond acceptors (Lipinski definition) is 4. The first-order chi connectivity index (χ1) is 7.74. The van der Waals surface area contributed by atoms with E-state index < -0.39 is 19.7 Å². The predicted molar refractivity (Wildman–Crippen MR) is 67.2 cm³/mol. The minimum Gasteiger partial charge on any atom is -0.228 e. The molecule has 0 radical (unpaired) electrons. The lowest BCUT2D eigenvalue weighted by Crippen LogP contribution is -2.07. The molecule has 1 aromatic rings. The van der Waals surface area contributed by atoms with Gasteiger partial charge in [0.1, 0.15) is 0 Å². The van der Waals surface area contributed by atoms with Crippen LogP contribution in [0.2, 0.25) is 0 Å². The molecule has 0 heterocycles. The molecule has 0 aliphatic rings. The second-order valence-electron chi connectivity index (χ2n) is 3.76. The normalized spacial score (nSPS) is 12.3. The number of hydrogen-bond donors (Lipinski definition) is 0. The predicted octanol–water partition coefficient (Wildman–Crippen LogP) is 1.19. The summed E-state index contributed by atoms with van der Waals surface area (Å²) in [5.41, 5.74) is 0.569. The third-order valence-corrected chi connectivity index (χ3v) is 4.76. The summed E-state index contributed by atoms with van der Waals surface area (Å²) in [6.07, 6.45) is 2.44. The quantitative estimate of drug-likeness (QED) is 0.756. The average molecular weight is 274 g/mol. The zero-order valence-electron chi connectivity index (χ0n) is 9.46. The minimum atomic E-state index is -3.24. The van der Waals surface area contributed by atoms with E-state index in [0.29, 0.717) is 5.56 Å². The largest absolute Gasteiger partial charge is 0.228 e. The molecule has 1 aromatic carbocycles. The first-order valence-corrected chi connectivity index (χ1v) is 8.56. The number of rotatable bonds is 5. The lowest BCUT2D eigenvalue weighted by atomic mass is 10.2. The van der Waals surface area contributed by atoms with Crippen LogP contribution in [-0.2, 0) is 25.4 Å². The Balaban J connectivity index is 2.94. The third-order valence-electron chi connectivity index (χ3n) is 2.11. The Morgan fingerprint density at radius 3 is 2.06 bits per heavy atom. The second-order valence-corrected chi connectivity index (χ2v) is 7.88. The molecule has 0 fully saturated rings. The van der Waals surface area contributed by atoms with Crippen LogP contribution in [0.5, 0.6) is 0 Å². The topological polar surface area (TPSA) is 68.3 Å². The van der Waals surface area contributed by atoms with Gasteiger partial charge in [-0.25, -0.2) is 16.8 Å². The van der Waals surface area contributed by atoms with E-state index in [1.807, 2.05) is 0 Å². The minimum absolute atomic E-state index is 0.0825. The molecule has 0 aliphatic heterocycles. The van der Waals surface area contributed by atoms with Gasteiger partial charge in [-0.3, -0.25) is 0 Å². The Labute approximate surface area is 102 Å². The van der Waals surface area contributed by atoms with Crippen LogP contribution in [-0.4, -0.2) is 28.8 Å². The molecule has 0 N–H and O–H groups in total. The number of sulfone groups is 2. The summed E-state index contributed by atoms with van der Waals surface area (Å²) in [5, 5.41) is 0. The smallest absolute Gasteiger partial charge is 0.175 e. The van der Waals surface area contributed by atoms with Gasteiger partial charge in [0.2, 0.25) is 0 Å². The van der Waals surface area contributed by atoms with Crippen LogP contribution in [0.3, 0.4) is 0 Å². The lowest BCUT2D eigenvalue weighted by molar-refractivity contribution is 0.598. The summed E-state index contributed by atoms with van der Waals surface area (Å²) < 4.78 is 45.4. The van der Waals surface area contributed by atoms with Gasteiger partial charge in [0.05, 0.1) is 16.4 Å². The van der Waals surface area contributed by atoms with E-state index in [2.05, 4.69) is 6.58 Å². The monoisotopic (exact) mass is 274 g/mol. The fourth-order valence-electron chi connectivity index (χ4n) is 1.33. The molecule has 0 unspecified atom stereocenters. The standard InChI is InChI=1S/C11H14O4S2/c1-3-8-17(14,15)9-10-4-6-11(7-5-10)16(2,12)13/h3-7H,1,8-9H2,2H3. The number of benzene rings is 1. The SMILES string of the molecule is C=CCS(=O)(=O)Cc1ccc(S(C)(=O)=O)cc1. The molecule has 94 valence electrons. The van der Waals surface area contributed by atoms with Gasteiger partial charge in [0.15, 0.2) is 19.7 Å². The highest BCUT2D eigenvalue weighted by Crippen LogP contribution is 2.12. The summed E-state index contributed by atoms with van der Waals surface area (Å²) in [4.78, 5) is 0.183. The van der Waals surface area contributed by atoms with Crippen LogP contribution in [0.15, 0.2) is 41.8 Å². The highest BCUT2D eigenvalue weighted by molar-refractivity contribution is 7.91. The van der Waals surface area contributed by atoms with Crippen LogP contribution in [0.4, 0.5) is 0 Å². The molecule has 0 bridgehead atoms. The van der Waals surface area contributed by atoms with Crippen LogP contribution in [0.1, 0.15) is 5.56 Å². The van der Waals surface area contributed by atoms with E-state index in [9.17, 15) is 16.8 Å². The Bertz CT molecular complexity index is 595. The van der Waals surface area contributed by atoms with Gasteiger partial charge in [0.25, 0.3) is 0 Å². The first kappa shape index (κ1) is 13.9. The van der Waals surface area contributed by atoms with Crippen molar-refractivity contribution in [3.05, 3.63) is 42.5 Å². The van der Waals surface area contributed by atoms with Gasteiger partial charge in [-0.2, -0.15) is 0 Å². The van der Waals surface area contributed by atoms with Crippen LogP contribution in [0, 0.1) is 0 Å². The van der Waals surface area contributed by atoms with Crippen molar-refractivity contribution >= 4 is 19.7 Å². The molecule has 0 amide bonds. The summed E-state index contributed by atoms with van der Waals surface area (Å²) in [6.45, 7) is 3.38. The summed E-state index contributed by atoms with van der Waals surface area (Å²) in [7, 11) is -6.44. The van der Waals surface area contributed by atoms with E-state index in [1.54, 1.807) is 0 Å². The zero-order valence-corrected chi connectivity index (χ0v) is 11.1. The van der Waals surface area contributed by atoms with Crippen molar-refractivity contribution < 1.29 is 16.8 Å². The van der Waals surface area contributed by atoms with Crippen molar-refractivity contribution in [2.75, 3.05) is 12.0 Å². The first-order valence-electron chi connectivity index (χ1n) is 4.85. The van der Waals surface area contributed by atoms with E-state index in [4.69, 9.17) is 0 Å². The highest BCUT2D eigenvalue weighted by Gasteiger charge is 2.11. The molecule has 0 saturated carbocycles. The Kier molecular flexibility index (Phi) is 4.11. The van der Waals surface area contributed by atoms with Crippen LogP contribution < -0.4 is 0 Å². The fourth-order valence-corrected chi connectivity index (χ4v) is 3.13. The molecule has 0 saturated heterocycles. The van der Waals surface area contributed by atoms with Gasteiger partial charge in [-0.1, -0.05) is 18.2 Å². The molecule has 1 rings (SSSR count). The van der Waals surface area contributed by atoms with Crippen molar-refractivity contribution in [2.24, 2.45) is 0 Å². The Morgan fingerprint density at radius 1 is 1.12 bits per heavy atom. The summed E-state index contributed by atoms with van der Waals surface area (Å²) >= 11 is 0. The summed E-state index contributed by atoms with van der Waals surface area (Å²) in [5.74, 6) is -0.191. The fraction of sp³-hybridized carbons (Fsp3) is 0.273. The van der Waals surface area contributed by atoms with Gasteiger partial charge >= 0.3 is 0 Å². The van der Waals surface area contributed by atoms with Gasteiger partial charge < -0.3 is 0 Å². The molecule has 0 aliphatic carbocycles. The maximum Gasteiger partial charge on any atom is 0.175 e. The van der Waals surface area contributed by atoms with Crippen molar-refractivity contribution in [3.8, 4) is 0 Å². The van der Waals surface area contributed by atoms with Crippen molar-refractivity contribution in [1.29, 1.82) is 0 Å². The van der Waals surface area contributed by atoms with Gasteiger partial charge in [-0.05, 0) is 17.7 Å². The van der Waals surface area contributed by atoms with Crippen molar-refractivity contribution in [2.45, 2.75) is 10.6 Å². The van der Waals surface area contributed by atoms with E-state index in [1.165, 1.54) is 30.3 Å². The molecular weight excluding hydrogens is 260 g/mol.